The molecule has 29 heavy (non-hydrogen) atoms. The molecule has 1 aliphatic rings. The van der Waals surface area contributed by atoms with E-state index in [-0.39, 0.29) is 11.6 Å². The second-order valence-electron chi connectivity index (χ2n) is 6.44. The molecule has 0 unspecified atom stereocenters. The lowest BCUT2D eigenvalue weighted by molar-refractivity contribution is -0.384. The fraction of sp³-hybridized carbons (Fsp3) is 0.0952. The summed E-state index contributed by atoms with van der Waals surface area (Å²) in [6, 6.07) is 20.3. The summed E-state index contributed by atoms with van der Waals surface area (Å²) in [6.07, 6.45) is 2.04. The molecule has 4 rings (SSSR count). The number of carbonyl (C=O) groups excluding carboxylic acids is 1. The van der Waals surface area contributed by atoms with Crippen LogP contribution in [0.15, 0.2) is 76.9 Å². The average Bonchev–Trinajstić information content (AvgIpc) is 3.07. The monoisotopic (exact) mass is 404 g/mol. The number of hydrogen-bond acceptors (Lipinski definition) is 6. The van der Waals surface area contributed by atoms with Crippen molar-refractivity contribution < 1.29 is 9.72 Å². The molecule has 1 amide bonds. The van der Waals surface area contributed by atoms with Gasteiger partial charge >= 0.3 is 0 Å². The van der Waals surface area contributed by atoms with Crippen molar-refractivity contribution in [1.82, 2.24) is 5.32 Å². The molecule has 8 heteroatoms. The highest BCUT2D eigenvalue weighted by molar-refractivity contribution is 8.15. The highest BCUT2D eigenvalue weighted by Crippen LogP contribution is 2.25. The third-order valence-corrected chi connectivity index (χ3v) is 5.56. The van der Waals surface area contributed by atoms with Gasteiger partial charge < -0.3 is 5.32 Å². The van der Waals surface area contributed by atoms with E-state index in [0.29, 0.717) is 11.6 Å². The number of fused-ring (bicyclic) bond motifs is 1. The first-order valence-electron chi connectivity index (χ1n) is 8.90. The number of nitrogens with zero attached hydrogens (tertiary/aromatic N) is 3. The second-order valence-corrected chi connectivity index (χ2v) is 7.64. The topological polar surface area (TPSA) is 97.0 Å². The maximum absolute atomic E-state index is 12.2. The summed E-state index contributed by atoms with van der Waals surface area (Å²) in [5.41, 5.74) is 1.68. The van der Waals surface area contributed by atoms with Crippen LogP contribution in [0.2, 0.25) is 0 Å². The lowest BCUT2D eigenvalue weighted by atomic mass is 10.1. The zero-order valence-electron chi connectivity index (χ0n) is 15.2. The summed E-state index contributed by atoms with van der Waals surface area (Å²) in [5.74, 6) is -0.180. The van der Waals surface area contributed by atoms with E-state index in [1.54, 1.807) is 18.3 Å². The SMILES string of the molecule is O=C1N/C(=N\N=C/c2cccc3ccccc23)S[C@@H]1Cc1cccc([N+](=O)[O-])c1. The number of nitrogens with one attached hydrogen (secondary N) is 1. The highest BCUT2D eigenvalue weighted by Gasteiger charge is 2.30. The van der Waals surface area contributed by atoms with E-state index >= 15 is 0 Å². The zero-order chi connectivity index (χ0) is 20.2. The number of hydrogen-bond donors (Lipinski definition) is 1. The lowest BCUT2D eigenvalue weighted by Gasteiger charge is -2.04. The Labute approximate surface area is 170 Å². The van der Waals surface area contributed by atoms with Crippen molar-refractivity contribution in [3.63, 3.8) is 0 Å². The Morgan fingerprint density at radius 3 is 2.76 bits per heavy atom. The molecule has 0 aliphatic carbocycles. The smallest absolute Gasteiger partial charge is 0.269 e. The van der Waals surface area contributed by atoms with Gasteiger partial charge in [-0.05, 0) is 22.8 Å². The molecule has 1 heterocycles. The molecule has 1 aliphatic heterocycles. The van der Waals surface area contributed by atoms with Crippen molar-refractivity contribution in [3.05, 3.63) is 88.0 Å². The Morgan fingerprint density at radius 2 is 1.90 bits per heavy atom. The molecule has 3 aromatic carbocycles. The molecule has 1 N–H and O–H groups in total. The third-order valence-electron chi connectivity index (χ3n) is 4.49. The molecule has 0 aromatic heterocycles. The van der Waals surface area contributed by atoms with Gasteiger partial charge in [0.05, 0.1) is 16.4 Å². The fourth-order valence-electron chi connectivity index (χ4n) is 3.10. The highest BCUT2D eigenvalue weighted by atomic mass is 32.2. The summed E-state index contributed by atoms with van der Waals surface area (Å²) < 4.78 is 0. The largest absolute Gasteiger partial charge is 0.303 e. The Kier molecular flexibility index (Phi) is 5.35. The summed E-state index contributed by atoms with van der Waals surface area (Å²) in [4.78, 5) is 22.7. The van der Waals surface area contributed by atoms with Gasteiger partial charge in [0.1, 0.15) is 0 Å². The normalized spacial score (nSPS) is 17.9. The number of rotatable bonds is 5. The maximum Gasteiger partial charge on any atom is 0.269 e. The van der Waals surface area contributed by atoms with Gasteiger partial charge in [-0.3, -0.25) is 14.9 Å². The molecular weight excluding hydrogens is 388 g/mol. The van der Waals surface area contributed by atoms with E-state index in [1.807, 2.05) is 42.5 Å². The predicted molar refractivity (Wildman–Crippen MR) is 115 cm³/mol. The molecule has 3 aromatic rings. The van der Waals surface area contributed by atoms with Gasteiger partial charge in [-0.2, -0.15) is 5.10 Å². The van der Waals surface area contributed by atoms with Gasteiger partial charge in [-0.15, -0.1) is 5.10 Å². The Morgan fingerprint density at radius 1 is 1.10 bits per heavy atom. The molecule has 1 atom stereocenters. The van der Waals surface area contributed by atoms with Gasteiger partial charge in [0.2, 0.25) is 5.91 Å². The van der Waals surface area contributed by atoms with E-state index in [2.05, 4.69) is 15.5 Å². The van der Waals surface area contributed by atoms with Gasteiger partial charge in [-0.1, -0.05) is 66.4 Å². The number of benzene rings is 3. The number of carbonyl (C=O) groups is 1. The maximum atomic E-state index is 12.2. The number of thioether (sulfide) groups is 1. The first kappa shape index (κ1) is 18.8. The van der Waals surface area contributed by atoms with Crippen LogP contribution >= 0.6 is 11.8 Å². The summed E-state index contributed by atoms with van der Waals surface area (Å²) in [6.45, 7) is 0. The summed E-state index contributed by atoms with van der Waals surface area (Å²) in [7, 11) is 0. The molecular formula is C21H16N4O3S. The summed E-state index contributed by atoms with van der Waals surface area (Å²) in [5, 5.41) is 24.1. The first-order chi connectivity index (χ1) is 14.1. The van der Waals surface area contributed by atoms with Crippen molar-refractivity contribution in [1.29, 1.82) is 0 Å². The Bertz CT molecular complexity index is 1150. The molecule has 144 valence electrons. The molecule has 0 saturated carbocycles. The number of nitro benzene ring substituents is 1. The van der Waals surface area contributed by atoms with Crippen LogP contribution in [0.5, 0.6) is 0 Å². The van der Waals surface area contributed by atoms with Crippen molar-refractivity contribution in [2.75, 3.05) is 0 Å². The van der Waals surface area contributed by atoms with Crippen molar-refractivity contribution >= 4 is 45.5 Å². The minimum absolute atomic E-state index is 0.0134. The molecule has 7 nitrogen and oxygen atoms in total. The van der Waals surface area contributed by atoms with Crippen molar-refractivity contribution in [3.8, 4) is 0 Å². The van der Waals surface area contributed by atoms with E-state index < -0.39 is 10.2 Å². The minimum atomic E-state index is -0.444. The van der Waals surface area contributed by atoms with E-state index in [1.165, 1.54) is 23.9 Å². The lowest BCUT2D eigenvalue weighted by Crippen LogP contribution is -2.25. The van der Waals surface area contributed by atoms with E-state index in [0.717, 1.165) is 21.9 Å². The van der Waals surface area contributed by atoms with Gasteiger partial charge in [-0.25, -0.2) is 0 Å². The fourth-order valence-corrected chi connectivity index (χ4v) is 4.07. The molecule has 0 spiro atoms. The van der Waals surface area contributed by atoms with Crippen LogP contribution in [0.4, 0.5) is 5.69 Å². The van der Waals surface area contributed by atoms with Crippen LogP contribution in [0, 0.1) is 10.1 Å². The van der Waals surface area contributed by atoms with Crippen molar-refractivity contribution in [2.45, 2.75) is 11.7 Å². The Hall–Kier alpha value is -3.52. The van der Waals surface area contributed by atoms with Crippen molar-refractivity contribution in [2.24, 2.45) is 10.2 Å². The number of amides is 1. The standard InChI is InChI=1S/C21H16N4O3S/c26-20-19(12-14-5-3-9-17(11-14)25(27)28)29-21(23-20)24-22-13-16-8-4-7-15-6-1-2-10-18(15)16/h1-11,13,19H,12H2,(H,23,24,26)/b22-13-/t19-/m1/s1. The quantitative estimate of drug-likeness (QED) is 0.396. The third kappa shape index (κ3) is 4.33. The average molecular weight is 404 g/mol. The van der Waals surface area contributed by atoms with Gasteiger partial charge in [0, 0.05) is 17.7 Å². The second kappa shape index (κ2) is 8.24. The van der Waals surface area contributed by atoms with Gasteiger partial charge in [0.15, 0.2) is 5.17 Å². The summed E-state index contributed by atoms with van der Waals surface area (Å²) >= 11 is 1.27. The molecule has 1 saturated heterocycles. The van der Waals surface area contributed by atoms with E-state index in [4.69, 9.17) is 0 Å². The molecule has 0 bridgehead atoms. The number of amidine groups is 1. The Balaban J connectivity index is 1.46. The minimum Gasteiger partial charge on any atom is -0.303 e. The van der Waals surface area contributed by atoms with Gasteiger partial charge in [0.25, 0.3) is 5.69 Å². The molecule has 0 radical (unpaired) electrons. The number of nitro groups is 1. The number of non-ortho nitro benzene ring substituents is 1. The first-order valence-corrected chi connectivity index (χ1v) is 9.78. The van der Waals surface area contributed by atoms with E-state index in [9.17, 15) is 14.9 Å². The predicted octanol–water partition coefficient (Wildman–Crippen LogP) is 3.91. The zero-order valence-corrected chi connectivity index (χ0v) is 16.0. The van der Waals surface area contributed by atoms with Crippen LogP contribution in [-0.4, -0.2) is 27.5 Å². The van der Waals surface area contributed by atoms with Crippen LogP contribution < -0.4 is 5.32 Å². The van der Waals surface area contributed by atoms with Crippen LogP contribution in [0.3, 0.4) is 0 Å². The van der Waals surface area contributed by atoms with Crippen LogP contribution in [0.1, 0.15) is 11.1 Å². The molecule has 1 fully saturated rings. The van der Waals surface area contributed by atoms with Crippen LogP contribution in [-0.2, 0) is 11.2 Å². The van der Waals surface area contributed by atoms with Crippen LogP contribution in [0.25, 0.3) is 10.8 Å².